The summed E-state index contributed by atoms with van der Waals surface area (Å²) < 4.78 is 5.62. The Morgan fingerprint density at radius 3 is 2.22 bits per heavy atom. The predicted molar refractivity (Wildman–Crippen MR) is 273 cm³/mol. The Morgan fingerprint density at radius 2 is 1.51 bits per heavy atom. The molecule has 9 amide bonds. The molecule has 0 radical (unpaired) electrons. The predicted octanol–water partition coefficient (Wildman–Crippen LogP) is -1.84. The van der Waals surface area contributed by atoms with Gasteiger partial charge >= 0.3 is 5.97 Å². The number of primary amides is 1. The average Bonchev–Trinajstić information content (AvgIpc) is 4.22. The molecule has 23 nitrogen and oxygen atoms in total. The van der Waals surface area contributed by atoms with Gasteiger partial charge in [0.1, 0.15) is 42.3 Å². The number of cyclic esters (lactones) is 1. The quantitative estimate of drug-likeness (QED) is 0.0502. The molecule has 6 rings (SSSR count). The van der Waals surface area contributed by atoms with Gasteiger partial charge in [-0.05, 0) is 96.5 Å². The summed E-state index contributed by atoms with van der Waals surface area (Å²) in [5.74, 6) is -6.33. The number of unbranched alkanes of at least 4 members (excludes halogenated alkanes) is 2. The van der Waals surface area contributed by atoms with Gasteiger partial charge in [-0.15, -0.1) is 11.8 Å². The van der Waals surface area contributed by atoms with E-state index in [1.807, 2.05) is 43.3 Å². The normalized spacial score (nSPS) is 26.2. The minimum absolute atomic E-state index is 0.00569. The third-order valence-electron chi connectivity index (χ3n) is 13.5. The molecule has 1 aromatic heterocycles. The number of hydrogen-bond acceptors (Lipinski definition) is 15. The number of likely N-dealkylation sites (tertiary alicyclic amines) is 1. The van der Waals surface area contributed by atoms with Crippen molar-refractivity contribution in [1.82, 2.24) is 56.9 Å². The van der Waals surface area contributed by atoms with E-state index in [1.54, 1.807) is 18.0 Å². The van der Waals surface area contributed by atoms with Gasteiger partial charge in [-0.2, -0.15) is 12.6 Å². The van der Waals surface area contributed by atoms with E-state index < -0.39 is 109 Å². The topological polar surface area (TPSA) is 316 Å². The molecule has 10 N–H and O–H groups in total. The number of carbonyl (C=O) groups excluding carboxylic acids is 10. The summed E-state index contributed by atoms with van der Waals surface area (Å²) in [4.78, 5) is 146. The third kappa shape index (κ3) is 15.8. The van der Waals surface area contributed by atoms with Crippen molar-refractivity contribution in [2.45, 2.75) is 125 Å². The summed E-state index contributed by atoms with van der Waals surface area (Å²) in [6.45, 7) is 0.382. The van der Waals surface area contributed by atoms with Crippen LogP contribution >= 0.6 is 24.4 Å². The lowest BCUT2D eigenvalue weighted by molar-refractivity contribution is -0.155. The molecule has 4 fully saturated rings. The molecule has 5 heterocycles. The summed E-state index contributed by atoms with van der Waals surface area (Å²) in [5.41, 5.74) is 7.10. The van der Waals surface area contributed by atoms with E-state index >= 15 is 0 Å². The second-order valence-electron chi connectivity index (χ2n) is 19.1. The number of fused-ring (bicyclic) bond motifs is 2. The van der Waals surface area contributed by atoms with Crippen molar-refractivity contribution in [3.05, 3.63) is 36.0 Å². The number of H-pyrrole nitrogens is 1. The van der Waals surface area contributed by atoms with E-state index in [4.69, 9.17) is 10.5 Å². The molecule has 1 aromatic carbocycles. The highest BCUT2D eigenvalue weighted by Gasteiger charge is 2.41. The van der Waals surface area contributed by atoms with Gasteiger partial charge in [0.25, 0.3) is 5.91 Å². The van der Waals surface area contributed by atoms with Crippen LogP contribution in [-0.4, -0.2) is 191 Å². The van der Waals surface area contributed by atoms with Gasteiger partial charge in [0.2, 0.25) is 47.3 Å². The van der Waals surface area contributed by atoms with Crippen molar-refractivity contribution >= 4 is 94.4 Å². The fourth-order valence-electron chi connectivity index (χ4n) is 9.50. The summed E-state index contributed by atoms with van der Waals surface area (Å²) in [6.07, 6.45) is 4.12. The minimum atomic E-state index is -1.62. The van der Waals surface area contributed by atoms with Crippen LogP contribution in [0.15, 0.2) is 30.5 Å². The maximum Gasteiger partial charge on any atom is 0.329 e. The number of hydrogen-bond donors (Lipinski definition) is 10. The average molecular weight is 1060 g/mol. The Labute approximate surface area is 433 Å². The summed E-state index contributed by atoms with van der Waals surface area (Å²) in [7, 11) is 3.79. The monoisotopic (exact) mass is 1050 g/mol. The number of rotatable bonds is 16. The molecule has 0 bridgehead atoms. The van der Waals surface area contributed by atoms with Crippen LogP contribution in [0.3, 0.4) is 0 Å². The molecular weight excluding hydrogens is 985 g/mol. The molecule has 4 saturated heterocycles. The number of nitrogens with one attached hydrogen (secondary N) is 8. The molecule has 4 aliphatic rings. The number of benzene rings is 1. The summed E-state index contributed by atoms with van der Waals surface area (Å²) in [6, 6.07) is -1.99. The number of para-hydroxylation sites is 1. The van der Waals surface area contributed by atoms with Crippen molar-refractivity contribution in [2.75, 3.05) is 64.3 Å². The number of thioether (sulfide) groups is 1. The number of nitrogens with two attached hydrogens (primary N) is 1. The van der Waals surface area contributed by atoms with Crippen LogP contribution in [-0.2, 0) is 59.1 Å². The van der Waals surface area contributed by atoms with E-state index in [-0.39, 0.29) is 69.4 Å². The fraction of sp³-hybridized carbons (Fsp3) is 0.625. The zero-order valence-electron chi connectivity index (χ0n) is 41.4. The Kier molecular flexibility index (Phi) is 21.2. The molecule has 400 valence electrons. The van der Waals surface area contributed by atoms with Crippen molar-refractivity contribution in [3.63, 3.8) is 0 Å². The number of aromatic amines is 1. The van der Waals surface area contributed by atoms with Gasteiger partial charge in [-0.1, -0.05) is 18.2 Å². The fourth-order valence-corrected chi connectivity index (χ4v) is 10.7. The second kappa shape index (κ2) is 27.4. The van der Waals surface area contributed by atoms with Crippen molar-refractivity contribution in [2.24, 2.45) is 5.73 Å². The van der Waals surface area contributed by atoms with E-state index in [0.717, 1.165) is 10.9 Å². The van der Waals surface area contributed by atoms with Gasteiger partial charge < -0.3 is 62.1 Å². The molecule has 4 aliphatic heterocycles. The number of carbonyl (C=O) groups is 10. The zero-order valence-corrected chi connectivity index (χ0v) is 43.1. The molecule has 2 aromatic rings. The van der Waals surface area contributed by atoms with E-state index in [9.17, 15) is 47.9 Å². The van der Waals surface area contributed by atoms with Crippen LogP contribution in [0.2, 0.25) is 0 Å². The van der Waals surface area contributed by atoms with E-state index in [1.165, 1.54) is 9.80 Å². The first-order valence-corrected chi connectivity index (χ1v) is 26.8. The Balaban J connectivity index is 1.30. The summed E-state index contributed by atoms with van der Waals surface area (Å²) in [5, 5.41) is 20.2. The molecule has 25 heteroatoms. The first kappa shape index (κ1) is 56.4. The molecule has 0 spiro atoms. The lowest BCUT2D eigenvalue weighted by Crippen LogP contribution is -2.59. The smallest absolute Gasteiger partial charge is 0.329 e. The highest BCUT2D eigenvalue weighted by atomic mass is 32.2. The SMILES string of the molecule is CN(C)CCCC[C@@H]1NC(=O)[C@H](CS)NC(=O)C[C@@H](C(=O)N2CCC[C@H]2C(N)=O)NC(=O)[C@H](CCCCNC(=O)C2CSCN2)NC(=O)[C@@H]2CCCN2C(=O)COC(=O)[C@H](Cc2c[nH]c3ccccc23)NC1=O. The van der Waals surface area contributed by atoms with Gasteiger partial charge in [0, 0.05) is 60.5 Å². The van der Waals surface area contributed by atoms with Crippen LogP contribution in [0, 0.1) is 0 Å². The maximum atomic E-state index is 14.4. The zero-order chi connectivity index (χ0) is 52.6. The van der Waals surface area contributed by atoms with Crippen LogP contribution in [0.25, 0.3) is 10.9 Å². The highest BCUT2D eigenvalue weighted by molar-refractivity contribution is 7.99. The highest BCUT2D eigenvalue weighted by Crippen LogP contribution is 2.23. The van der Waals surface area contributed by atoms with Crippen LogP contribution in [0.5, 0.6) is 0 Å². The van der Waals surface area contributed by atoms with Crippen molar-refractivity contribution in [1.29, 1.82) is 0 Å². The van der Waals surface area contributed by atoms with Crippen LogP contribution in [0.4, 0.5) is 0 Å². The number of nitrogens with zero attached hydrogens (tertiary/aromatic N) is 3. The number of amides is 9. The van der Waals surface area contributed by atoms with Crippen molar-refractivity contribution in [3.8, 4) is 0 Å². The van der Waals surface area contributed by atoms with E-state index in [0.29, 0.717) is 62.3 Å². The lowest BCUT2D eigenvalue weighted by atomic mass is 10.0. The van der Waals surface area contributed by atoms with Crippen LogP contribution < -0.4 is 43.0 Å². The first-order chi connectivity index (χ1) is 35.0. The Morgan fingerprint density at radius 1 is 0.822 bits per heavy atom. The molecule has 73 heavy (non-hydrogen) atoms. The molecular formula is C48H70N12O11S2. The molecule has 8 atom stereocenters. The van der Waals surface area contributed by atoms with Gasteiger partial charge in [0.05, 0.1) is 12.5 Å². The van der Waals surface area contributed by atoms with Gasteiger partial charge in [0.15, 0.2) is 6.61 Å². The lowest BCUT2D eigenvalue weighted by Gasteiger charge is -2.30. The third-order valence-corrected chi connectivity index (χ3v) is 14.8. The Bertz CT molecular complexity index is 2330. The second-order valence-corrected chi connectivity index (χ2v) is 20.5. The molecule has 0 saturated carbocycles. The standard InChI is InChI=1S/C48H70N12O11S2/c1-58(2)18-8-6-14-31-44(66)57-34(21-28-23-51-30-12-4-3-11-29(28)30)48(70)71-24-40(62)59-19-10-16-38(59)46(68)55-32(13-5-7-17-50-42(64)36-26-73-27-52-36)43(65)56-33(22-39(61)53-35(25-72)45(67)54-31)47(69)60-20-9-15-37(60)41(49)63/h3-4,11-12,23,31-38,51-52,72H,5-10,13-22,24-27H2,1-2H3,(H2,49,63)(H,50,64)(H,53,61)(H,54,67)(H,55,68)(H,56,65)(H,57,66)/t31-,32-,33-,34-,35-,36?,37-,38-/m0/s1. The molecule has 0 aliphatic carbocycles. The van der Waals surface area contributed by atoms with Crippen molar-refractivity contribution < 1.29 is 52.7 Å². The van der Waals surface area contributed by atoms with Gasteiger partial charge in [-0.25, -0.2) is 4.79 Å². The number of ether oxygens (including phenoxy) is 1. The number of thiol groups is 1. The number of aromatic nitrogens is 1. The molecule has 1 unspecified atom stereocenters. The van der Waals surface area contributed by atoms with Crippen LogP contribution in [0.1, 0.15) is 76.2 Å². The van der Waals surface area contributed by atoms with Gasteiger partial charge in [-0.3, -0.25) is 48.5 Å². The minimum Gasteiger partial charge on any atom is -0.454 e. The van der Waals surface area contributed by atoms with E-state index in [2.05, 4.69) is 54.8 Å². The summed E-state index contributed by atoms with van der Waals surface area (Å²) >= 11 is 5.94. The first-order valence-electron chi connectivity index (χ1n) is 25.0. The number of esters is 1. The maximum absolute atomic E-state index is 14.4. The largest absolute Gasteiger partial charge is 0.454 e. The Hall–Kier alpha value is -5.92.